The Kier molecular flexibility index (Phi) is 4.38. The summed E-state index contributed by atoms with van der Waals surface area (Å²) < 4.78 is 8.53. The van der Waals surface area contributed by atoms with Gasteiger partial charge in [-0.3, -0.25) is 9.69 Å². The Hall–Kier alpha value is -2.31. The summed E-state index contributed by atoms with van der Waals surface area (Å²) in [6.45, 7) is 2.73. The fourth-order valence-electron chi connectivity index (χ4n) is 4.06. The van der Waals surface area contributed by atoms with Crippen LogP contribution in [0.15, 0.2) is 48.5 Å². The third kappa shape index (κ3) is 3.47. The predicted octanol–water partition coefficient (Wildman–Crippen LogP) is 3.22. The van der Waals surface area contributed by atoms with Gasteiger partial charge in [-0.2, -0.15) is 8.75 Å². The molecule has 3 aromatic rings. The van der Waals surface area contributed by atoms with Gasteiger partial charge in [-0.1, -0.05) is 30.3 Å². The molecule has 1 amide bonds. The zero-order valence-electron chi connectivity index (χ0n) is 15.1. The van der Waals surface area contributed by atoms with Crippen LogP contribution < -0.4 is 0 Å². The standard InChI is InChI=1S/C21H22N4OS/c26-21(16-6-9-19-20(13-16)23-27-22-19)25-11-10-24(17-7-8-17)14-18(25)12-15-4-2-1-3-5-15/h1-6,9,13,17-18H,7-8,10-12,14H2. The molecule has 1 saturated heterocycles. The van der Waals surface area contributed by atoms with Crippen LogP contribution in [0.5, 0.6) is 0 Å². The molecule has 27 heavy (non-hydrogen) atoms. The van der Waals surface area contributed by atoms with Gasteiger partial charge >= 0.3 is 0 Å². The Bertz CT molecular complexity index is 953. The van der Waals surface area contributed by atoms with E-state index in [0.717, 1.165) is 43.1 Å². The van der Waals surface area contributed by atoms with E-state index >= 15 is 0 Å². The van der Waals surface area contributed by atoms with Crippen LogP contribution in [0.2, 0.25) is 0 Å². The summed E-state index contributed by atoms with van der Waals surface area (Å²) in [4.78, 5) is 18.0. The molecule has 1 atom stereocenters. The van der Waals surface area contributed by atoms with Crippen molar-refractivity contribution in [1.29, 1.82) is 0 Å². The van der Waals surface area contributed by atoms with Crippen molar-refractivity contribution in [3.63, 3.8) is 0 Å². The van der Waals surface area contributed by atoms with Crippen LogP contribution in [-0.4, -0.2) is 56.2 Å². The number of amides is 1. The minimum atomic E-state index is 0.112. The first-order chi connectivity index (χ1) is 13.3. The first kappa shape index (κ1) is 16.8. The van der Waals surface area contributed by atoms with Crippen LogP contribution in [0.3, 0.4) is 0 Å². The summed E-state index contributed by atoms with van der Waals surface area (Å²) >= 11 is 1.19. The summed E-state index contributed by atoms with van der Waals surface area (Å²) in [5, 5.41) is 0. The molecule has 138 valence electrons. The number of benzene rings is 2. The average Bonchev–Trinajstić information content (AvgIpc) is 3.45. The van der Waals surface area contributed by atoms with Gasteiger partial charge in [0, 0.05) is 37.3 Å². The van der Waals surface area contributed by atoms with E-state index in [1.54, 1.807) is 0 Å². The van der Waals surface area contributed by atoms with E-state index in [-0.39, 0.29) is 11.9 Å². The summed E-state index contributed by atoms with van der Waals surface area (Å²) in [5.74, 6) is 0.112. The van der Waals surface area contributed by atoms with E-state index < -0.39 is 0 Å². The number of carbonyl (C=O) groups is 1. The van der Waals surface area contributed by atoms with Gasteiger partial charge in [-0.05, 0) is 43.0 Å². The number of hydrogen-bond acceptors (Lipinski definition) is 5. The van der Waals surface area contributed by atoms with Gasteiger partial charge in [0.05, 0.1) is 11.7 Å². The fourth-order valence-corrected chi connectivity index (χ4v) is 4.58. The maximum Gasteiger partial charge on any atom is 0.254 e. The summed E-state index contributed by atoms with van der Waals surface area (Å²) in [5.41, 5.74) is 3.67. The molecule has 5 nitrogen and oxygen atoms in total. The molecule has 6 heteroatoms. The minimum Gasteiger partial charge on any atom is -0.333 e. The molecule has 2 heterocycles. The molecule has 1 unspecified atom stereocenters. The molecule has 0 N–H and O–H groups in total. The number of carbonyl (C=O) groups excluding carboxylic acids is 1. The van der Waals surface area contributed by atoms with Crippen molar-refractivity contribution in [2.75, 3.05) is 19.6 Å². The second kappa shape index (κ2) is 7.02. The van der Waals surface area contributed by atoms with Crippen LogP contribution >= 0.6 is 11.7 Å². The lowest BCUT2D eigenvalue weighted by molar-refractivity contribution is 0.0437. The molecule has 0 radical (unpaired) electrons. The Morgan fingerprint density at radius 1 is 1.04 bits per heavy atom. The van der Waals surface area contributed by atoms with Crippen molar-refractivity contribution >= 4 is 28.7 Å². The van der Waals surface area contributed by atoms with Gasteiger partial charge in [-0.25, -0.2) is 0 Å². The lowest BCUT2D eigenvalue weighted by Gasteiger charge is -2.42. The molecule has 5 rings (SSSR count). The van der Waals surface area contributed by atoms with Crippen molar-refractivity contribution < 1.29 is 4.79 Å². The third-order valence-electron chi connectivity index (χ3n) is 5.65. The molecular weight excluding hydrogens is 356 g/mol. The molecule has 1 aliphatic heterocycles. The van der Waals surface area contributed by atoms with Gasteiger partial charge in [0.1, 0.15) is 11.0 Å². The lowest BCUT2D eigenvalue weighted by atomic mass is 10.0. The topological polar surface area (TPSA) is 49.3 Å². The Morgan fingerprint density at radius 2 is 1.85 bits per heavy atom. The van der Waals surface area contributed by atoms with Crippen molar-refractivity contribution in [1.82, 2.24) is 18.5 Å². The lowest BCUT2D eigenvalue weighted by Crippen LogP contribution is -2.56. The van der Waals surface area contributed by atoms with Crippen molar-refractivity contribution in [2.24, 2.45) is 0 Å². The maximum absolute atomic E-state index is 13.3. The van der Waals surface area contributed by atoms with E-state index in [9.17, 15) is 4.79 Å². The number of rotatable bonds is 4. The average molecular weight is 379 g/mol. The van der Waals surface area contributed by atoms with Crippen LogP contribution in [0, 0.1) is 0 Å². The van der Waals surface area contributed by atoms with E-state index in [1.165, 1.54) is 30.1 Å². The van der Waals surface area contributed by atoms with E-state index in [4.69, 9.17) is 0 Å². The van der Waals surface area contributed by atoms with Gasteiger partial charge in [0.25, 0.3) is 5.91 Å². The van der Waals surface area contributed by atoms with Crippen molar-refractivity contribution in [3.8, 4) is 0 Å². The number of hydrogen-bond donors (Lipinski definition) is 0. The second-order valence-electron chi connectivity index (χ2n) is 7.54. The molecule has 2 aliphatic rings. The number of fused-ring (bicyclic) bond motifs is 1. The monoisotopic (exact) mass is 378 g/mol. The molecule has 0 bridgehead atoms. The van der Waals surface area contributed by atoms with Gasteiger partial charge in [0.2, 0.25) is 0 Å². The van der Waals surface area contributed by atoms with Crippen LogP contribution in [0.4, 0.5) is 0 Å². The smallest absolute Gasteiger partial charge is 0.254 e. The minimum absolute atomic E-state index is 0.112. The summed E-state index contributed by atoms with van der Waals surface area (Å²) in [6.07, 6.45) is 3.51. The maximum atomic E-state index is 13.3. The summed E-state index contributed by atoms with van der Waals surface area (Å²) in [7, 11) is 0. The highest BCUT2D eigenvalue weighted by Gasteiger charge is 2.37. The van der Waals surface area contributed by atoms with E-state index in [2.05, 4.69) is 42.8 Å². The number of aromatic nitrogens is 2. The zero-order valence-corrected chi connectivity index (χ0v) is 15.9. The molecular formula is C21H22N4OS. The highest BCUT2D eigenvalue weighted by atomic mass is 32.1. The highest BCUT2D eigenvalue weighted by molar-refractivity contribution is 7.00. The second-order valence-corrected chi connectivity index (χ2v) is 8.06. The number of piperazine rings is 1. The molecule has 1 aliphatic carbocycles. The first-order valence-corrected chi connectivity index (χ1v) is 10.3. The Labute approximate surface area is 162 Å². The zero-order chi connectivity index (χ0) is 18.2. The third-order valence-corrected chi connectivity index (χ3v) is 6.21. The number of nitrogens with zero attached hydrogens (tertiary/aromatic N) is 4. The van der Waals surface area contributed by atoms with Crippen LogP contribution in [0.25, 0.3) is 11.0 Å². The van der Waals surface area contributed by atoms with Crippen molar-refractivity contribution in [2.45, 2.75) is 31.3 Å². The fraction of sp³-hybridized carbons (Fsp3) is 0.381. The molecule has 2 fully saturated rings. The van der Waals surface area contributed by atoms with Crippen LogP contribution in [0.1, 0.15) is 28.8 Å². The normalized spacial score (nSPS) is 20.9. The van der Waals surface area contributed by atoms with Gasteiger partial charge in [-0.15, -0.1) is 0 Å². The molecule has 1 saturated carbocycles. The van der Waals surface area contributed by atoms with E-state index in [0.29, 0.717) is 5.56 Å². The van der Waals surface area contributed by atoms with Crippen LogP contribution in [-0.2, 0) is 6.42 Å². The predicted molar refractivity (Wildman–Crippen MR) is 107 cm³/mol. The SMILES string of the molecule is O=C(c1ccc2nsnc2c1)N1CCN(C2CC2)CC1Cc1ccccc1. The van der Waals surface area contributed by atoms with E-state index in [1.807, 2.05) is 24.3 Å². The first-order valence-electron chi connectivity index (χ1n) is 9.59. The van der Waals surface area contributed by atoms with Crippen molar-refractivity contribution in [3.05, 3.63) is 59.7 Å². The molecule has 1 aromatic heterocycles. The van der Waals surface area contributed by atoms with Gasteiger partial charge in [0.15, 0.2) is 0 Å². The van der Waals surface area contributed by atoms with Gasteiger partial charge < -0.3 is 4.90 Å². The highest BCUT2D eigenvalue weighted by Crippen LogP contribution is 2.30. The summed E-state index contributed by atoms with van der Waals surface area (Å²) in [6, 6.07) is 17.1. The molecule has 2 aromatic carbocycles. The quantitative estimate of drug-likeness (QED) is 0.699. The Morgan fingerprint density at radius 3 is 2.67 bits per heavy atom. The molecule has 0 spiro atoms. The largest absolute Gasteiger partial charge is 0.333 e. The Balaban J connectivity index is 1.41.